The van der Waals surface area contributed by atoms with E-state index in [-0.39, 0.29) is 0 Å². The first-order valence-corrected chi connectivity index (χ1v) is 7.03. The molecule has 0 saturated heterocycles. The lowest BCUT2D eigenvalue weighted by molar-refractivity contribution is 0.661. The number of anilines is 2. The zero-order valence-corrected chi connectivity index (χ0v) is 12.2. The predicted molar refractivity (Wildman–Crippen MR) is 79.1 cm³/mol. The van der Waals surface area contributed by atoms with Crippen LogP contribution in [0.1, 0.15) is 33.6 Å². The lowest BCUT2D eigenvalue weighted by Crippen LogP contribution is -2.20. The van der Waals surface area contributed by atoms with Gasteiger partial charge in [0.15, 0.2) is 0 Å². The van der Waals surface area contributed by atoms with Crippen molar-refractivity contribution in [1.82, 2.24) is 24.7 Å². The van der Waals surface area contributed by atoms with Gasteiger partial charge in [0, 0.05) is 25.0 Å². The first-order valence-electron chi connectivity index (χ1n) is 7.03. The highest BCUT2D eigenvalue weighted by atomic mass is 15.4. The van der Waals surface area contributed by atoms with E-state index in [1.54, 1.807) is 10.9 Å². The van der Waals surface area contributed by atoms with Crippen LogP contribution >= 0.6 is 0 Å². The average molecular weight is 275 g/mol. The molecule has 7 nitrogen and oxygen atoms in total. The second kappa shape index (κ2) is 6.83. The molecule has 2 rings (SSSR count). The van der Waals surface area contributed by atoms with Crippen LogP contribution in [0.15, 0.2) is 18.5 Å². The van der Waals surface area contributed by atoms with Crippen LogP contribution < -0.4 is 10.6 Å². The zero-order valence-electron chi connectivity index (χ0n) is 12.2. The van der Waals surface area contributed by atoms with Crippen LogP contribution in [0.4, 0.5) is 11.9 Å². The molecule has 0 fully saturated rings. The molecule has 0 bridgehead atoms. The Morgan fingerprint density at radius 3 is 2.45 bits per heavy atom. The van der Waals surface area contributed by atoms with Gasteiger partial charge in [-0.1, -0.05) is 13.8 Å². The van der Waals surface area contributed by atoms with E-state index in [4.69, 9.17) is 0 Å². The summed E-state index contributed by atoms with van der Waals surface area (Å²) in [6, 6.07) is 2.20. The van der Waals surface area contributed by atoms with E-state index in [9.17, 15) is 0 Å². The lowest BCUT2D eigenvalue weighted by Gasteiger charge is -2.15. The fourth-order valence-corrected chi connectivity index (χ4v) is 1.83. The van der Waals surface area contributed by atoms with E-state index >= 15 is 0 Å². The van der Waals surface area contributed by atoms with Crippen molar-refractivity contribution in [3.05, 3.63) is 18.5 Å². The van der Waals surface area contributed by atoms with Crippen LogP contribution in [0.25, 0.3) is 5.95 Å². The summed E-state index contributed by atoms with van der Waals surface area (Å²) in [6.45, 7) is 7.04. The summed E-state index contributed by atoms with van der Waals surface area (Å²) in [5.74, 6) is 1.64. The number of rotatable bonds is 7. The molecule has 2 heterocycles. The first kappa shape index (κ1) is 14.2. The largest absolute Gasteiger partial charge is 0.354 e. The van der Waals surface area contributed by atoms with Crippen molar-refractivity contribution >= 4 is 11.9 Å². The molecule has 2 aromatic heterocycles. The molecule has 0 aliphatic heterocycles. The van der Waals surface area contributed by atoms with Gasteiger partial charge >= 0.3 is 0 Å². The molecule has 0 aromatic carbocycles. The molecule has 0 aliphatic rings. The third kappa shape index (κ3) is 3.43. The molecule has 2 N–H and O–H groups in total. The Bertz CT molecular complexity index is 520. The predicted octanol–water partition coefficient (Wildman–Crippen LogP) is 2.09. The standard InChI is InChI=1S/C13H21N7/c1-4-10(5-2)16-12-17-11(14-6-3)18-13(19-12)20-9-7-8-15-20/h7-10H,4-6H2,1-3H3,(H2,14,16,17,18,19). The van der Waals surface area contributed by atoms with Crippen molar-refractivity contribution in [3.8, 4) is 5.95 Å². The second-order valence-corrected chi connectivity index (χ2v) is 4.42. The van der Waals surface area contributed by atoms with Gasteiger partial charge in [0.2, 0.25) is 11.9 Å². The van der Waals surface area contributed by atoms with Crippen LogP contribution in [0.2, 0.25) is 0 Å². The number of aromatic nitrogens is 5. The average Bonchev–Trinajstić information content (AvgIpc) is 2.99. The van der Waals surface area contributed by atoms with Crippen molar-refractivity contribution in [3.63, 3.8) is 0 Å². The Labute approximate surface area is 118 Å². The van der Waals surface area contributed by atoms with Crippen molar-refractivity contribution in [2.24, 2.45) is 0 Å². The van der Waals surface area contributed by atoms with Gasteiger partial charge in [-0.05, 0) is 25.8 Å². The fourth-order valence-electron chi connectivity index (χ4n) is 1.83. The lowest BCUT2D eigenvalue weighted by atomic mass is 10.2. The molecule has 7 heteroatoms. The Morgan fingerprint density at radius 2 is 1.85 bits per heavy atom. The summed E-state index contributed by atoms with van der Waals surface area (Å²) in [7, 11) is 0. The molecule has 0 spiro atoms. The Kier molecular flexibility index (Phi) is 4.86. The SMILES string of the molecule is CCNc1nc(NC(CC)CC)nc(-n2cccn2)n1. The van der Waals surface area contributed by atoms with Crippen molar-refractivity contribution in [2.75, 3.05) is 17.2 Å². The summed E-state index contributed by atoms with van der Waals surface area (Å²) in [4.78, 5) is 13.2. The number of nitrogens with one attached hydrogen (secondary N) is 2. The summed E-state index contributed by atoms with van der Waals surface area (Å²) in [5, 5.41) is 10.6. The van der Waals surface area contributed by atoms with Gasteiger partial charge in [0.1, 0.15) is 0 Å². The summed E-state index contributed by atoms with van der Waals surface area (Å²) in [6.07, 6.45) is 5.56. The number of hydrogen-bond donors (Lipinski definition) is 2. The number of nitrogens with zero attached hydrogens (tertiary/aromatic N) is 5. The van der Waals surface area contributed by atoms with E-state index in [2.05, 4.69) is 44.5 Å². The maximum atomic E-state index is 4.42. The minimum absolute atomic E-state index is 0.359. The maximum Gasteiger partial charge on any atom is 0.257 e. The van der Waals surface area contributed by atoms with Crippen molar-refractivity contribution in [1.29, 1.82) is 0 Å². The van der Waals surface area contributed by atoms with E-state index in [0.29, 0.717) is 23.9 Å². The molecule has 0 amide bonds. The topological polar surface area (TPSA) is 80.5 Å². The Hall–Kier alpha value is -2.18. The first-order chi connectivity index (χ1) is 9.76. The highest BCUT2D eigenvalue weighted by molar-refractivity contribution is 5.38. The van der Waals surface area contributed by atoms with Crippen molar-refractivity contribution in [2.45, 2.75) is 39.7 Å². The minimum atomic E-state index is 0.359. The molecule has 0 aliphatic carbocycles. The normalized spacial score (nSPS) is 10.8. The van der Waals surface area contributed by atoms with Crippen LogP contribution in [-0.4, -0.2) is 37.3 Å². The van der Waals surface area contributed by atoms with Gasteiger partial charge in [0.05, 0.1) is 0 Å². The molecule has 20 heavy (non-hydrogen) atoms. The van der Waals surface area contributed by atoms with Crippen LogP contribution in [0, 0.1) is 0 Å². The van der Waals surface area contributed by atoms with Gasteiger partial charge in [-0.3, -0.25) is 0 Å². The van der Waals surface area contributed by atoms with Gasteiger partial charge in [-0.2, -0.15) is 20.1 Å². The van der Waals surface area contributed by atoms with Crippen LogP contribution in [-0.2, 0) is 0 Å². The van der Waals surface area contributed by atoms with E-state index in [1.807, 2.05) is 19.2 Å². The highest BCUT2D eigenvalue weighted by Crippen LogP contribution is 2.11. The molecule has 0 atom stereocenters. The van der Waals surface area contributed by atoms with E-state index in [1.165, 1.54) is 0 Å². The monoisotopic (exact) mass is 275 g/mol. The molecule has 0 radical (unpaired) electrons. The van der Waals surface area contributed by atoms with Gasteiger partial charge in [-0.15, -0.1) is 0 Å². The van der Waals surface area contributed by atoms with E-state index in [0.717, 1.165) is 19.4 Å². The minimum Gasteiger partial charge on any atom is -0.354 e. The Morgan fingerprint density at radius 1 is 1.10 bits per heavy atom. The third-order valence-electron chi connectivity index (χ3n) is 2.99. The van der Waals surface area contributed by atoms with Gasteiger partial charge < -0.3 is 10.6 Å². The molecule has 0 unspecified atom stereocenters. The van der Waals surface area contributed by atoms with Crippen LogP contribution in [0.3, 0.4) is 0 Å². The highest BCUT2D eigenvalue weighted by Gasteiger charge is 2.10. The second-order valence-electron chi connectivity index (χ2n) is 4.42. The molecule has 2 aromatic rings. The number of hydrogen-bond acceptors (Lipinski definition) is 6. The van der Waals surface area contributed by atoms with Gasteiger partial charge in [-0.25, -0.2) is 4.68 Å². The maximum absolute atomic E-state index is 4.42. The summed E-state index contributed by atoms with van der Waals surface area (Å²) >= 11 is 0. The summed E-state index contributed by atoms with van der Waals surface area (Å²) < 4.78 is 1.63. The Balaban J connectivity index is 2.31. The van der Waals surface area contributed by atoms with Gasteiger partial charge in [0.25, 0.3) is 5.95 Å². The third-order valence-corrected chi connectivity index (χ3v) is 2.99. The van der Waals surface area contributed by atoms with Crippen molar-refractivity contribution < 1.29 is 0 Å². The summed E-state index contributed by atoms with van der Waals surface area (Å²) in [5.41, 5.74) is 0. The van der Waals surface area contributed by atoms with E-state index < -0.39 is 0 Å². The molecule has 108 valence electrons. The quantitative estimate of drug-likeness (QED) is 0.805. The fraction of sp³-hybridized carbons (Fsp3) is 0.538. The smallest absolute Gasteiger partial charge is 0.257 e. The van der Waals surface area contributed by atoms with Crippen LogP contribution in [0.5, 0.6) is 0 Å². The molecular weight excluding hydrogens is 254 g/mol. The molecule has 0 saturated carbocycles. The zero-order chi connectivity index (χ0) is 14.4. The molecular formula is C13H21N7.